The van der Waals surface area contributed by atoms with Gasteiger partial charge in [-0.2, -0.15) is 11.8 Å². The number of hydrogen-bond donors (Lipinski definition) is 2. The predicted octanol–water partition coefficient (Wildman–Crippen LogP) is 3.05. The zero-order valence-electron chi connectivity index (χ0n) is 15.6. The van der Waals surface area contributed by atoms with Crippen LogP contribution >= 0.6 is 35.7 Å². The van der Waals surface area contributed by atoms with Crippen LogP contribution in [-0.4, -0.2) is 44.7 Å². The van der Waals surface area contributed by atoms with Crippen molar-refractivity contribution in [3.63, 3.8) is 0 Å². The van der Waals surface area contributed by atoms with E-state index in [0.717, 1.165) is 30.2 Å². The third-order valence-electron chi connectivity index (χ3n) is 3.45. The first-order chi connectivity index (χ1) is 11.1. The summed E-state index contributed by atoms with van der Waals surface area (Å²) in [7, 11) is -3.00. The van der Waals surface area contributed by atoms with Gasteiger partial charge in [0.1, 0.15) is 0 Å². The van der Waals surface area contributed by atoms with Crippen molar-refractivity contribution in [2.45, 2.75) is 37.8 Å². The molecule has 0 heterocycles. The Bertz CT molecular complexity index is 644. The van der Waals surface area contributed by atoms with E-state index >= 15 is 0 Å². The monoisotopic (exact) mass is 499 g/mol. The number of guanidine groups is 1. The van der Waals surface area contributed by atoms with Crippen LogP contribution in [0, 0.1) is 0 Å². The third-order valence-corrected chi connectivity index (χ3v) is 5.56. The normalized spacial score (nSPS) is 12.4. The van der Waals surface area contributed by atoms with Gasteiger partial charge in [0, 0.05) is 24.1 Å². The quantitative estimate of drug-likeness (QED) is 0.327. The van der Waals surface area contributed by atoms with E-state index in [1.165, 1.54) is 6.26 Å². The molecule has 0 spiro atoms. The van der Waals surface area contributed by atoms with Crippen molar-refractivity contribution < 1.29 is 8.42 Å². The smallest absolute Gasteiger partial charge is 0.191 e. The molecule has 0 aliphatic carbocycles. The molecule has 8 heteroatoms. The number of nitrogens with zero attached hydrogens (tertiary/aromatic N) is 1. The fraction of sp³-hybridized carbons (Fsp3) is 0.588. The van der Waals surface area contributed by atoms with Gasteiger partial charge in [-0.05, 0) is 38.2 Å². The Kier molecular flexibility index (Phi) is 11.1. The minimum absolute atomic E-state index is 0. The van der Waals surface area contributed by atoms with E-state index < -0.39 is 9.84 Å². The lowest BCUT2D eigenvalue weighted by Gasteiger charge is -2.23. The molecule has 0 aliphatic heterocycles. The van der Waals surface area contributed by atoms with Gasteiger partial charge in [-0.15, -0.1) is 24.0 Å². The van der Waals surface area contributed by atoms with Crippen molar-refractivity contribution in [1.82, 2.24) is 10.6 Å². The van der Waals surface area contributed by atoms with Crippen LogP contribution in [0.4, 0.5) is 0 Å². The first-order valence-corrected chi connectivity index (χ1v) is 11.3. The Labute approximate surface area is 173 Å². The van der Waals surface area contributed by atoms with E-state index in [-0.39, 0.29) is 34.5 Å². The van der Waals surface area contributed by atoms with E-state index in [1.54, 1.807) is 0 Å². The lowest BCUT2D eigenvalue weighted by molar-refractivity contribution is 0.601. The van der Waals surface area contributed by atoms with Crippen LogP contribution in [0.2, 0.25) is 0 Å². The molecule has 1 aromatic carbocycles. The number of sulfone groups is 1. The number of thioether (sulfide) groups is 1. The van der Waals surface area contributed by atoms with Gasteiger partial charge < -0.3 is 10.6 Å². The highest BCUT2D eigenvalue weighted by molar-refractivity contribution is 14.0. The highest BCUT2D eigenvalue weighted by Gasteiger charge is 2.16. The van der Waals surface area contributed by atoms with Crippen LogP contribution in [0.5, 0.6) is 0 Å². The molecular formula is C17H30IN3O2S2. The first-order valence-electron chi connectivity index (χ1n) is 7.98. The molecule has 0 aromatic heterocycles. The van der Waals surface area contributed by atoms with Crippen LogP contribution in [0.15, 0.2) is 29.3 Å². The minimum atomic E-state index is -3.00. The summed E-state index contributed by atoms with van der Waals surface area (Å²) in [6.45, 7) is 8.60. The molecule has 0 saturated heterocycles. The molecule has 1 aromatic rings. The Morgan fingerprint density at radius 2 is 1.72 bits per heavy atom. The molecule has 0 atom stereocenters. The molecule has 0 bridgehead atoms. The fourth-order valence-electron chi connectivity index (χ4n) is 1.92. The van der Waals surface area contributed by atoms with Crippen molar-refractivity contribution in [3.8, 4) is 0 Å². The molecule has 0 fully saturated rings. The van der Waals surface area contributed by atoms with Gasteiger partial charge in [0.15, 0.2) is 15.8 Å². The largest absolute Gasteiger partial charge is 0.357 e. The van der Waals surface area contributed by atoms with Crippen molar-refractivity contribution in [3.05, 3.63) is 35.4 Å². The molecule has 0 unspecified atom stereocenters. The number of rotatable bonds is 8. The summed E-state index contributed by atoms with van der Waals surface area (Å²) < 4.78 is 22.8. The lowest BCUT2D eigenvalue weighted by Crippen LogP contribution is -2.43. The number of hydrogen-bond acceptors (Lipinski definition) is 4. The maximum Gasteiger partial charge on any atom is 0.191 e. The van der Waals surface area contributed by atoms with Gasteiger partial charge in [0.05, 0.1) is 12.3 Å². The molecule has 1 rings (SSSR count). The number of aliphatic imine (C=N–C) groups is 1. The van der Waals surface area contributed by atoms with Crippen LogP contribution < -0.4 is 10.6 Å². The molecule has 5 nitrogen and oxygen atoms in total. The van der Waals surface area contributed by atoms with E-state index in [9.17, 15) is 8.42 Å². The van der Waals surface area contributed by atoms with E-state index in [1.807, 2.05) is 43.0 Å². The minimum Gasteiger partial charge on any atom is -0.357 e. The average molecular weight is 499 g/mol. The van der Waals surface area contributed by atoms with Gasteiger partial charge in [-0.1, -0.05) is 24.3 Å². The van der Waals surface area contributed by atoms with Crippen molar-refractivity contribution in [1.29, 1.82) is 0 Å². The second kappa shape index (κ2) is 11.3. The van der Waals surface area contributed by atoms with Gasteiger partial charge in [0.2, 0.25) is 0 Å². The number of nitrogens with one attached hydrogen (secondary N) is 2. The highest BCUT2D eigenvalue weighted by atomic mass is 127. The van der Waals surface area contributed by atoms with Crippen LogP contribution in [0.3, 0.4) is 0 Å². The lowest BCUT2D eigenvalue weighted by atomic mass is 10.1. The van der Waals surface area contributed by atoms with Crippen LogP contribution in [0.25, 0.3) is 0 Å². The summed E-state index contributed by atoms with van der Waals surface area (Å²) in [6, 6.07) is 7.56. The summed E-state index contributed by atoms with van der Waals surface area (Å²) in [4.78, 5) is 4.59. The molecule has 0 amide bonds. The number of benzene rings is 1. The molecule has 0 radical (unpaired) electrons. The molecule has 25 heavy (non-hydrogen) atoms. The SMILES string of the molecule is CCNC(=NCc1ccc(CS(C)(=O)=O)cc1)NCC(C)(C)SC.I. The molecule has 144 valence electrons. The van der Waals surface area contributed by atoms with Gasteiger partial charge in [0.25, 0.3) is 0 Å². The van der Waals surface area contributed by atoms with Crippen LogP contribution in [0.1, 0.15) is 31.9 Å². The number of halogens is 1. The van der Waals surface area contributed by atoms with Crippen molar-refractivity contribution in [2.24, 2.45) is 4.99 Å². The summed E-state index contributed by atoms with van der Waals surface area (Å²) in [5.41, 5.74) is 1.85. The summed E-state index contributed by atoms with van der Waals surface area (Å²) in [5.74, 6) is 0.865. The highest BCUT2D eigenvalue weighted by Crippen LogP contribution is 2.19. The Morgan fingerprint density at radius 1 is 1.16 bits per heavy atom. The van der Waals surface area contributed by atoms with Crippen molar-refractivity contribution in [2.75, 3.05) is 25.6 Å². The second-order valence-electron chi connectivity index (χ2n) is 6.40. The maximum absolute atomic E-state index is 11.3. The average Bonchev–Trinajstić information content (AvgIpc) is 2.50. The summed E-state index contributed by atoms with van der Waals surface area (Å²) >= 11 is 1.81. The topological polar surface area (TPSA) is 70.6 Å². The van der Waals surface area contributed by atoms with Crippen molar-refractivity contribution >= 4 is 51.5 Å². The Morgan fingerprint density at radius 3 is 2.20 bits per heavy atom. The fourth-order valence-corrected chi connectivity index (χ4v) is 2.94. The zero-order valence-corrected chi connectivity index (χ0v) is 19.6. The summed E-state index contributed by atoms with van der Waals surface area (Å²) in [5, 5.41) is 6.61. The van der Waals surface area contributed by atoms with Gasteiger partial charge >= 0.3 is 0 Å². The first kappa shape index (κ1) is 24.5. The van der Waals surface area contributed by atoms with Crippen LogP contribution in [-0.2, 0) is 22.1 Å². The maximum atomic E-state index is 11.3. The van der Waals surface area contributed by atoms with E-state index in [4.69, 9.17) is 0 Å². The Balaban J connectivity index is 0.00000576. The second-order valence-corrected chi connectivity index (χ2v) is 10.1. The van der Waals surface area contributed by atoms with E-state index in [0.29, 0.717) is 6.54 Å². The standard InChI is InChI=1S/C17H29N3O2S2.HI/c1-6-18-16(20-13-17(2,3)23-4)19-11-14-7-9-15(10-8-14)12-24(5,21)22;/h7-10H,6,11-13H2,1-5H3,(H2,18,19,20);1H. The molecule has 0 saturated carbocycles. The molecular weight excluding hydrogens is 469 g/mol. The third kappa shape index (κ3) is 11.0. The van der Waals surface area contributed by atoms with E-state index in [2.05, 4.69) is 35.7 Å². The zero-order chi connectivity index (χ0) is 18.2. The van der Waals surface area contributed by atoms with Gasteiger partial charge in [-0.3, -0.25) is 0 Å². The van der Waals surface area contributed by atoms with Gasteiger partial charge in [-0.25, -0.2) is 13.4 Å². The molecule has 0 aliphatic rings. The Hall–Kier alpha value is -0.480. The molecule has 2 N–H and O–H groups in total. The summed E-state index contributed by atoms with van der Waals surface area (Å²) in [6.07, 6.45) is 3.35. The predicted molar refractivity (Wildman–Crippen MR) is 121 cm³/mol.